The Labute approximate surface area is 123 Å². The molecule has 0 aliphatic carbocycles. The highest BCUT2D eigenvalue weighted by atomic mass is 16.3. The molecule has 0 fully saturated rings. The fraction of sp³-hybridized carbons (Fsp3) is 0.467. The standard InChI is InChI=1S/C15H21N3O3/c1-9-6-13(18(5)17-9)14(19)16-8-15(4,20)12-7-10(2)21-11(12)3/h6-7,20H,8H2,1-5H3,(H,16,19). The second-order valence-corrected chi connectivity index (χ2v) is 5.58. The molecule has 0 radical (unpaired) electrons. The van der Waals surface area contributed by atoms with Gasteiger partial charge in [-0.05, 0) is 39.8 Å². The van der Waals surface area contributed by atoms with Gasteiger partial charge in [-0.1, -0.05) is 0 Å². The van der Waals surface area contributed by atoms with Gasteiger partial charge in [-0.15, -0.1) is 0 Å². The van der Waals surface area contributed by atoms with E-state index in [1.54, 1.807) is 33.0 Å². The van der Waals surface area contributed by atoms with E-state index in [1.165, 1.54) is 4.68 Å². The van der Waals surface area contributed by atoms with Gasteiger partial charge in [0.05, 0.1) is 12.2 Å². The molecule has 0 aliphatic heterocycles. The summed E-state index contributed by atoms with van der Waals surface area (Å²) in [4.78, 5) is 12.1. The number of hydrogen-bond acceptors (Lipinski definition) is 4. The summed E-state index contributed by atoms with van der Waals surface area (Å²) in [5.41, 5.74) is 0.728. The maximum Gasteiger partial charge on any atom is 0.269 e. The molecule has 2 aromatic heterocycles. The van der Waals surface area contributed by atoms with Crippen LogP contribution < -0.4 is 5.32 Å². The lowest BCUT2D eigenvalue weighted by Gasteiger charge is -2.23. The number of nitrogens with zero attached hydrogens (tertiary/aromatic N) is 2. The Hall–Kier alpha value is -2.08. The predicted octanol–water partition coefficient (Wildman–Crippen LogP) is 1.58. The van der Waals surface area contributed by atoms with Gasteiger partial charge < -0.3 is 14.8 Å². The second-order valence-electron chi connectivity index (χ2n) is 5.58. The molecule has 1 atom stereocenters. The van der Waals surface area contributed by atoms with Gasteiger partial charge in [0.2, 0.25) is 0 Å². The number of carbonyl (C=O) groups excluding carboxylic acids is 1. The Morgan fingerprint density at radius 2 is 2.10 bits per heavy atom. The molecule has 0 aromatic carbocycles. The highest BCUT2D eigenvalue weighted by molar-refractivity contribution is 5.92. The number of furan rings is 1. The van der Waals surface area contributed by atoms with Gasteiger partial charge in [0.15, 0.2) is 0 Å². The first-order valence-electron chi connectivity index (χ1n) is 6.79. The fourth-order valence-corrected chi connectivity index (χ4v) is 2.43. The SMILES string of the molecule is Cc1cc(C(=O)NCC(C)(O)c2cc(C)oc2C)n(C)n1. The van der Waals surface area contributed by atoms with E-state index in [2.05, 4.69) is 10.4 Å². The van der Waals surface area contributed by atoms with Crippen LogP contribution in [0.2, 0.25) is 0 Å². The number of amides is 1. The Kier molecular flexibility index (Phi) is 3.91. The average molecular weight is 291 g/mol. The molecule has 0 bridgehead atoms. The highest BCUT2D eigenvalue weighted by Crippen LogP contribution is 2.26. The minimum Gasteiger partial charge on any atom is -0.466 e. The van der Waals surface area contributed by atoms with E-state index in [9.17, 15) is 9.90 Å². The number of nitrogens with one attached hydrogen (secondary N) is 1. The minimum absolute atomic E-state index is 0.0931. The molecule has 0 spiro atoms. The van der Waals surface area contributed by atoms with Gasteiger partial charge in [-0.25, -0.2) is 0 Å². The zero-order chi connectivity index (χ0) is 15.8. The van der Waals surface area contributed by atoms with Gasteiger partial charge >= 0.3 is 0 Å². The number of aliphatic hydroxyl groups is 1. The van der Waals surface area contributed by atoms with Crippen molar-refractivity contribution >= 4 is 5.91 Å². The maximum atomic E-state index is 12.1. The minimum atomic E-state index is -1.19. The van der Waals surface area contributed by atoms with Crippen LogP contribution in [0.25, 0.3) is 0 Å². The van der Waals surface area contributed by atoms with Crippen LogP contribution in [0.5, 0.6) is 0 Å². The number of hydrogen-bond donors (Lipinski definition) is 2. The van der Waals surface area contributed by atoms with Crippen molar-refractivity contribution in [2.45, 2.75) is 33.3 Å². The van der Waals surface area contributed by atoms with E-state index < -0.39 is 5.60 Å². The third kappa shape index (κ3) is 3.16. The summed E-state index contributed by atoms with van der Waals surface area (Å²) in [6.07, 6.45) is 0. The Morgan fingerprint density at radius 1 is 1.43 bits per heavy atom. The summed E-state index contributed by atoms with van der Waals surface area (Å²) in [7, 11) is 1.71. The normalized spacial score (nSPS) is 14.0. The number of aryl methyl sites for hydroxylation is 4. The van der Waals surface area contributed by atoms with Crippen molar-refractivity contribution in [3.8, 4) is 0 Å². The average Bonchev–Trinajstić information content (AvgIpc) is 2.89. The third-order valence-electron chi connectivity index (χ3n) is 3.45. The lowest BCUT2D eigenvalue weighted by Crippen LogP contribution is -2.39. The zero-order valence-corrected chi connectivity index (χ0v) is 13.0. The summed E-state index contributed by atoms with van der Waals surface area (Å²) >= 11 is 0. The lowest BCUT2D eigenvalue weighted by molar-refractivity contribution is 0.0511. The molecule has 1 amide bonds. The van der Waals surface area contributed by atoms with E-state index in [1.807, 2.05) is 13.8 Å². The fourth-order valence-electron chi connectivity index (χ4n) is 2.43. The van der Waals surface area contributed by atoms with Crippen LogP contribution in [-0.2, 0) is 12.6 Å². The molecule has 21 heavy (non-hydrogen) atoms. The van der Waals surface area contributed by atoms with Gasteiger partial charge in [-0.2, -0.15) is 5.10 Å². The second kappa shape index (κ2) is 5.37. The number of rotatable bonds is 4. The molecule has 6 nitrogen and oxygen atoms in total. The van der Waals surface area contributed by atoms with Crippen LogP contribution in [0.4, 0.5) is 0 Å². The first-order chi connectivity index (χ1) is 9.70. The van der Waals surface area contributed by atoms with Crippen LogP contribution in [0.1, 0.15) is 40.2 Å². The highest BCUT2D eigenvalue weighted by Gasteiger charge is 2.28. The van der Waals surface area contributed by atoms with Crippen LogP contribution in [0, 0.1) is 20.8 Å². The lowest BCUT2D eigenvalue weighted by atomic mass is 9.96. The van der Waals surface area contributed by atoms with E-state index in [0.717, 1.165) is 11.5 Å². The molecule has 6 heteroatoms. The van der Waals surface area contributed by atoms with Gasteiger partial charge in [0.1, 0.15) is 22.8 Å². The number of carbonyl (C=O) groups is 1. The molecule has 1 unspecified atom stereocenters. The quantitative estimate of drug-likeness (QED) is 0.896. The first-order valence-corrected chi connectivity index (χ1v) is 6.79. The largest absolute Gasteiger partial charge is 0.466 e. The maximum absolute atomic E-state index is 12.1. The number of aromatic nitrogens is 2. The molecule has 0 saturated carbocycles. The van der Waals surface area contributed by atoms with Crippen LogP contribution >= 0.6 is 0 Å². The van der Waals surface area contributed by atoms with Crippen molar-refractivity contribution in [3.05, 3.63) is 40.6 Å². The smallest absolute Gasteiger partial charge is 0.269 e. The topological polar surface area (TPSA) is 80.3 Å². The van der Waals surface area contributed by atoms with Crippen molar-refractivity contribution in [1.29, 1.82) is 0 Å². The molecular formula is C15H21N3O3. The van der Waals surface area contributed by atoms with Crippen molar-refractivity contribution in [1.82, 2.24) is 15.1 Å². The molecule has 0 aliphatic rings. The van der Waals surface area contributed by atoms with E-state index in [-0.39, 0.29) is 12.5 Å². The summed E-state index contributed by atoms with van der Waals surface area (Å²) in [6.45, 7) is 7.19. The summed E-state index contributed by atoms with van der Waals surface area (Å²) in [6, 6.07) is 3.49. The molecule has 2 N–H and O–H groups in total. The summed E-state index contributed by atoms with van der Waals surface area (Å²) in [5, 5.41) is 17.4. The zero-order valence-electron chi connectivity index (χ0n) is 13.0. The monoisotopic (exact) mass is 291 g/mol. The van der Waals surface area contributed by atoms with Crippen molar-refractivity contribution < 1.29 is 14.3 Å². The molecular weight excluding hydrogens is 270 g/mol. The van der Waals surface area contributed by atoms with Crippen LogP contribution in [0.3, 0.4) is 0 Å². The van der Waals surface area contributed by atoms with Crippen molar-refractivity contribution in [2.75, 3.05) is 6.54 Å². The third-order valence-corrected chi connectivity index (χ3v) is 3.45. The predicted molar refractivity (Wildman–Crippen MR) is 78.0 cm³/mol. The van der Waals surface area contributed by atoms with Crippen LogP contribution in [0.15, 0.2) is 16.5 Å². The van der Waals surface area contributed by atoms with E-state index >= 15 is 0 Å². The van der Waals surface area contributed by atoms with Gasteiger partial charge in [0.25, 0.3) is 5.91 Å². The van der Waals surface area contributed by atoms with E-state index in [4.69, 9.17) is 4.42 Å². The summed E-state index contributed by atoms with van der Waals surface area (Å²) in [5.74, 6) is 1.12. The van der Waals surface area contributed by atoms with Crippen molar-refractivity contribution in [3.63, 3.8) is 0 Å². The Balaban J connectivity index is 2.10. The van der Waals surface area contributed by atoms with Gasteiger partial charge in [0, 0.05) is 12.6 Å². The van der Waals surface area contributed by atoms with Crippen LogP contribution in [-0.4, -0.2) is 27.3 Å². The first kappa shape index (κ1) is 15.3. The van der Waals surface area contributed by atoms with Gasteiger partial charge in [-0.3, -0.25) is 9.48 Å². The molecule has 2 aromatic rings. The molecule has 114 valence electrons. The molecule has 0 saturated heterocycles. The van der Waals surface area contributed by atoms with E-state index in [0.29, 0.717) is 17.0 Å². The molecule has 2 rings (SSSR count). The van der Waals surface area contributed by atoms with Crippen molar-refractivity contribution in [2.24, 2.45) is 7.05 Å². The summed E-state index contributed by atoms with van der Waals surface area (Å²) < 4.78 is 6.95. The Bertz CT molecular complexity index is 668. The Morgan fingerprint density at radius 3 is 2.57 bits per heavy atom. The molecule has 2 heterocycles.